The lowest BCUT2D eigenvalue weighted by atomic mass is 9.82. The predicted octanol–water partition coefficient (Wildman–Crippen LogP) is 5.86. The van der Waals surface area contributed by atoms with Gasteiger partial charge in [-0.2, -0.15) is 26.3 Å². The third-order valence-electron chi connectivity index (χ3n) is 14.5. The summed E-state index contributed by atoms with van der Waals surface area (Å²) in [5.74, 6) is 4.22. The van der Waals surface area contributed by atoms with E-state index in [4.69, 9.17) is 15.5 Å². The molecule has 2 aromatic carbocycles. The molecule has 0 radical (unpaired) electrons. The third kappa shape index (κ3) is 16.1. The Morgan fingerprint density at radius 2 is 1.37 bits per heavy atom. The number of rotatable bonds is 20. The quantitative estimate of drug-likeness (QED) is 0.0338. The zero-order valence-electron chi connectivity index (χ0n) is 45.4. The van der Waals surface area contributed by atoms with Crippen LogP contribution in [0.4, 0.5) is 41.7 Å². The Kier molecular flexibility index (Phi) is 20.1. The number of aliphatic hydroxyl groups is 1. The van der Waals surface area contributed by atoms with Gasteiger partial charge in [-0.15, -0.1) is 0 Å². The molecule has 430 valence electrons. The number of hydrazine groups is 1. The molecule has 2 aliphatic heterocycles. The molecule has 3 aromatic rings. The summed E-state index contributed by atoms with van der Waals surface area (Å²) in [5, 5.41) is 19.5. The number of amides is 4. The number of piperazine rings is 1. The highest BCUT2D eigenvalue weighted by atomic mass is 19.4. The van der Waals surface area contributed by atoms with Crippen LogP contribution in [0.1, 0.15) is 82.2 Å². The van der Waals surface area contributed by atoms with Crippen molar-refractivity contribution in [3.63, 3.8) is 0 Å². The Morgan fingerprint density at radius 3 is 1.89 bits per heavy atom. The summed E-state index contributed by atoms with van der Waals surface area (Å²) in [4.78, 5) is 66.9. The average molecular weight is 1110 g/mol. The van der Waals surface area contributed by atoms with E-state index in [2.05, 4.69) is 60.7 Å². The van der Waals surface area contributed by atoms with E-state index in [9.17, 15) is 50.6 Å². The van der Waals surface area contributed by atoms with Crippen molar-refractivity contribution in [1.29, 1.82) is 0 Å². The fourth-order valence-corrected chi connectivity index (χ4v) is 8.84. The van der Waals surface area contributed by atoms with Gasteiger partial charge in [0.05, 0.1) is 62.5 Å². The van der Waals surface area contributed by atoms with E-state index in [0.717, 1.165) is 64.2 Å². The van der Waals surface area contributed by atoms with E-state index >= 15 is 0 Å². The predicted molar refractivity (Wildman–Crippen MR) is 283 cm³/mol. The molecule has 7 N–H and O–H groups in total. The molecular formula is C55H70F6N10O8. The Hall–Kier alpha value is -6.94. The van der Waals surface area contributed by atoms with Gasteiger partial charge in [0, 0.05) is 67.5 Å². The van der Waals surface area contributed by atoms with E-state index < -0.39 is 78.0 Å². The number of carbonyl (C=O) groups is 4. The second kappa shape index (κ2) is 25.9. The molecule has 2 saturated heterocycles. The molecule has 1 aliphatic carbocycles. The number of alkyl halides is 6. The van der Waals surface area contributed by atoms with Crippen molar-refractivity contribution in [3.05, 3.63) is 101 Å². The van der Waals surface area contributed by atoms with Crippen LogP contribution < -0.4 is 32.0 Å². The largest absolute Gasteiger partial charge is 0.453 e. The highest BCUT2D eigenvalue weighted by Crippen LogP contribution is 2.42. The van der Waals surface area contributed by atoms with Gasteiger partial charge in [-0.3, -0.25) is 24.9 Å². The molecule has 79 heavy (non-hydrogen) atoms. The molecule has 1 aromatic heterocycles. The number of aliphatic hydroxyl groups excluding tert-OH is 1. The number of allylic oxidation sites excluding steroid dienone is 1. The molecular weight excluding hydrogens is 1040 g/mol. The zero-order chi connectivity index (χ0) is 58.0. The van der Waals surface area contributed by atoms with Gasteiger partial charge in [0.15, 0.2) is 0 Å². The van der Waals surface area contributed by atoms with E-state index in [-0.39, 0.29) is 25.0 Å². The normalized spacial score (nSPS) is 19.3. The number of nitrogens with zero attached hydrogens (tertiary/aromatic N) is 5. The molecule has 1 saturated carbocycles. The molecule has 18 nitrogen and oxygen atoms in total. The number of carbonyl (C=O) groups excluding carboxylic acids is 4. The van der Waals surface area contributed by atoms with Crippen molar-refractivity contribution in [1.82, 2.24) is 36.3 Å². The molecule has 3 heterocycles. The molecule has 6 rings (SSSR count). The van der Waals surface area contributed by atoms with E-state index in [1.807, 2.05) is 22.8 Å². The first-order valence-corrected chi connectivity index (χ1v) is 25.7. The summed E-state index contributed by atoms with van der Waals surface area (Å²) >= 11 is 0. The summed E-state index contributed by atoms with van der Waals surface area (Å²) in [7, 11) is 1.78. The summed E-state index contributed by atoms with van der Waals surface area (Å²) in [5.41, 5.74) is 5.77. The van der Waals surface area contributed by atoms with E-state index in [1.54, 1.807) is 67.0 Å². The number of hydrogen-bond acceptors (Lipinski definition) is 14. The number of hydrogen-bond donors (Lipinski definition) is 6. The number of alkyl carbamates (subject to hydrolysis) is 2. The number of pyridine rings is 1. The Balaban J connectivity index is 1.28. The van der Waals surface area contributed by atoms with E-state index in [0.29, 0.717) is 73.3 Å². The van der Waals surface area contributed by atoms with Crippen molar-refractivity contribution in [2.45, 2.75) is 128 Å². The van der Waals surface area contributed by atoms with Crippen LogP contribution in [0.15, 0.2) is 77.9 Å². The number of aromatic nitrogens is 1. The SMILES string of the molecule is COC(=O)N[C@H](C(=O)N[C@@H](Cc1ccc(C#Cc2ccc(N3C[C@@H](C)N(C4COC4)C[C@H]3C)nc2)cc1)[C@@H](O)CN(Cc1ccc(/C(N)=C/C=NC2CC2)cc1)NC(=O)[C@@H](NC(=O)OC)C(C)(C)C(F)(F)F)C(C)(C)C(F)(F)F. The minimum absolute atomic E-state index is 0.223. The maximum Gasteiger partial charge on any atom is 0.407 e. The Morgan fingerprint density at radius 1 is 0.810 bits per heavy atom. The fourth-order valence-electron chi connectivity index (χ4n) is 8.84. The number of aliphatic imine (C=N–C) groups is 1. The number of benzene rings is 2. The smallest absolute Gasteiger partial charge is 0.407 e. The van der Waals surface area contributed by atoms with Crippen molar-refractivity contribution in [2.24, 2.45) is 21.6 Å². The maximum atomic E-state index is 14.6. The standard InChI is InChI=1S/C55H70F6N10O8/c1-33-28-71(34(2)27-70(33)41-31-79-32-41)45-22-17-37(26-64-45)14-11-35-9-12-36(13-10-35)25-43(65-48(73)46(66-50(75)77-7)52(3,4)54(56,57)58)44(72)30-69(68-49(74)47(67-51(76)78-8)53(5,6)55(59,60)61)29-38-15-18-39(19-16-38)42(62)23-24-63-40-20-21-40/h9-10,12-13,15-19,22-24,26,33-34,40-41,43-44,46-47,72H,20-21,25,27-32,62H2,1-8H3,(H,65,73)(H,66,75)(H,67,76)(H,68,74)/b42-23-,63-24?/t33-,34-,43+,44+,46-,47-/m1/s1. The molecule has 24 heteroatoms. The van der Waals surface area contributed by atoms with Crippen LogP contribution in [-0.2, 0) is 36.8 Å². The molecule has 3 fully saturated rings. The number of nitrogens with one attached hydrogen (secondary N) is 4. The van der Waals surface area contributed by atoms with Crippen LogP contribution in [0.25, 0.3) is 5.70 Å². The number of nitrogens with two attached hydrogens (primary N) is 1. The van der Waals surface area contributed by atoms with Crippen LogP contribution in [0.2, 0.25) is 0 Å². The van der Waals surface area contributed by atoms with Crippen molar-refractivity contribution in [2.75, 3.05) is 52.0 Å². The molecule has 0 spiro atoms. The van der Waals surface area contributed by atoms with Crippen LogP contribution in [0.3, 0.4) is 0 Å². The van der Waals surface area contributed by atoms with Gasteiger partial charge in [-0.05, 0) is 108 Å². The first kappa shape index (κ1) is 61.3. The highest BCUT2D eigenvalue weighted by Gasteiger charge is 2.57. The monoisotopic (exact) mass is 1110 g/mol. The Labute approximate surface area is 455 Å². The second-order valence-corrected chi connectivity index (χ2v) is 21.3. The van der Waals surface area contributed by atoms with Crippen molar-refractivity contribution >= 4 is 41.7 Å². The third-order valence-corrected chi connectivity index (χ3v) is 14.5. The molecule has 6 atom stereocenters. The summed E-state index contributed by atoms with van der Waals surface area (Å²) in [6, 6.07) is 11.8. The average Bonchev–Trinajstić information content (AvgIpc) is 4.24. The topological polar surface area (TPSA) is 225 Å². The summed E-state index contributed by atoms with van der Waals surface area (Å²) < 4.78 is 102. The van der Waals surface area contributed by atoms with Crippen molar-refractivity contribution in [3.8, 4) is 11.8 Å². The lowest BCUT2D eigenvalue weighted by molar-refractivity contribution is -0.221. The molecule has 0 unspecified atom stereocenters. The maximum absolute atomic E-state index is 14.6. The van der Waals surface area contributed by atoms with Crippen LogP contribution in [-0.4, -0.2) is 158 Å². The first-order chi connectivity index (χ1) is 37.1. The van der Waals surface area contributed by atoms with Gasteiger partial charge >= 0.3 is 24.5 Å². The number of methoxy groups -OCH3 is 2. The first-order valence-electron chi connectivity index (χ1n) is 25.7. The van der Waals surface area contributed by atoms with Gasteiger partial charge in [-0.25, -0.2) is 19.6 Å². The Bertz CT molecular complexity index is 2710. The molecule has 4 amide bonds. The van der Waals surface area contributed by atoms with Gasteiger partial charge in [-0.1, -0.05) is 48.2 Å². The summed E-state index contributed by atoms with van der Waals surface area (Å²) in [6.07, 6.45) is -8.11. The van der Waals surface area contributed by atoms with Gasteiger partial charge in [0.25, 0.3) is 5.91 Å². The van der Waals surface area contributed by atoms with E-state index in [1.165, 1.54) is 0 Å². The van der Waals surface area contributed by atoms with Gasteiger partial charge < -0.3 is 45.9 Å². The second-order valence-electron chi connectivity index (χ2n) is 21.3. The lowest BCUT2D eigenvalue weighted by Crippen LogP contribution is -2.63. The van der Waals surface area contributed by atoms with Crippen LogP contribution in [0, 0.1) is 22.7 Å². The zero-order valence-corrected chi connectivity index (χ0v) is 45.4. The number of ether oxygens (including phenoxy) is 3. The number of anilines is 1. The minimum atomic E-state index is -5.07. The summed E-state index contributed by atoms with van der Waals surface area (Å²) in [6.45, 7) is 9.24. The molecule has 3 aliphatic rings. The lowest BCUT2D eigenvalue weighted by Gasteiger charge is -2.49. The van der Waals surface area contributed by atoms with Crippen LogP contribution >= 0.6 is 0 Å². The molecule has 0 bridgehead atoms. The van der Waals surface area contributed by atoms with Crippen LogP contribution in [0.5, 0.6) is 0 Å². The number of halogens is 6. The van der Waals surface area contributed by atoms with Crippen molar-refractivity contribution < 1.29 is 64.8 Å². The fraction of sp³-hybridized carbons (Fsp3) is 0.527. The minimum Gasteiger partial charge on any atom is -0.453 e. The van der Waals surface area contributed by atoms with Gasteiger partial charge in [0.1, 0.15) is 17.9 Å². The van der Waals surface area contributed by atoms with Gasteiger partial charge in [0.2, 0.25) is 5.91 Å². The highest BCUT2D eigenvalue weighted by molar-refractivity contribution is 5.87.